The van der Waals surface area contributed by atoms with Gasteiger partial charge in [-0.15, -0.1) is 6.42 Å². The summed E-state index contributed by atoms with van der Waals surface area (Å²) in [5.41, 5.74) is 2.35. The minimum atomic E-state index is 0.638. The first-order valence-corrected chi connectivity index (χ1v) is 3.17. The second-order valence-corrected chi connectivity index (χ2v) is 2.14. The summed E-state index contributed by atoms with van der Waals surface area (Å²) in [6, 6.07) is 3.64. The highest BCUT2D eigenvalue weighted by Crippen LogP contribution is 2.06. The number of fused-ring (bicyclic) bond motifs is 1. The van der Waals surface area contributed by atoms with Gasteiger partial charge in [-0.3, -0.25) is 5.10 Å². The summed E-state index contributed by atoms with van der Waals surface area (Å²) in [6.07, 6.45) is 6.82. The van der Waals surface area contributed by atoms with E-state index in [0.29, 0.717) is 5.69 Å². The van der Waals surface area contributed by atoms with Crippen molar-refractivity contribution >= 4 is 11.0 Å². The molecule has 52 valence electrons. The first-order chi connectivity index (χ1) is 5.40. The number of terminal acetylenes is 1. The van der Waals surface area contributed by atoms with Crippen molar-refractivity contribution in [1.29, 1.82) is 0 Å². The van der Waals surface area contributed by atoms with E-state index in [9.17, 15) is 0 Å². The van der Waals surface area contributed by atoms with Crippen LogP contribution in [0.2, 0.25) is 0 Å². The molecule has 0 amide bonds. The number of nitrogens with zero attached hydrogens (tertiary/aromatic N) is 2. The molecule has 0 aromatic carbocycles. The van der Waals surface area contributed by atoms with E-state index in [1.165, 1.54) is 0 Å². The molecular weight excluding hydrogens is 138 g/mol. The van der Waals surface area contributed by atoms with Gasteiger partial charge in [0.05, 0.1) is 11.7 Å². The molecule has 2 aromatic heterocycles. The molecule has 3 heteroatoms. The minimum absolute atomic E-state index is 0.638. The van der Waals surface area contributed by atoms with Crippen molar-refractivity contribution in [2.45, 2.75) is 0 Å². The average molecular weight is 143 g/mol. The summed E-state index contributed by atoms with van der Waals surface area (Å²) in [5, 5.41) is 6.61. The zero-order chi connectivity index (χ0) is 7.68. The maximum atomic E-state index is 5.17. The van der Waals surface area contributed by atoms with Crippen LogP contribution in [0.15, 0.2) is 18.3 Å². The average Bonchev–Trinajstić information content (AvgIpc) is 2.50. The van der Waals surface area contributed by atoms with Crippen LogP contribution in [0.25, 0.3) is 11.0 Å². The summed E-state index contributed by atoms with van der Waals surface area (Å²) in [6.45, 7) is 0. The van der Waals surface area contributed by atoms with E-state index in [1.54, 1.807) is 12.3 Å². The first kappa shape index (κ1) is 5.93. The van der Waals surface area contributed by atoms with E-state index in [-0.39, 0.29) is 0 Å². The summed E-state index contributed by atoms with van der Waals surface area (Å²) in [4.78, 5) is 4.12. The van der Waals surface area contributed by atoms with Crippen LogP contribution in [0.1, 0.15) is 5.69 Å². The lowest BCUT2D eigenvalue weighted by atomic mass is 10.3. The highest BCUT2D eigenvalue weighted by molar-refractivity contribution is 5.73. The summed E-state index contributed by atoms with van der Waals surface area (Å²) >= 11 is 0. The van der Waals surface area contributed by atoms with Crippen LogP contribution >= 0.6 is 0 Å². The maximum absolute atomic E-state index is 5.17. The fraction of sp³-hybridized carbons (Fsp3) is 0. The van der Waals surface area contributed by atoms with E-state index in [1.807, 2.05) is 6.07 Å². The van der Waals surface area contributed by atoms with Crippen LogP contribution in [0.3, 0.4) is 0 Å². The van der Waals surface area contributed by atoms with Crippen LogP contribution in [-0.4, -0.2) is 15.2 Å². The largest absolute Gasteiger partial charge is 0.276 e. The summed E-state index contributed by atoms with van der Waals surface area (Å²) < 4.78 is 0. The standard InChI is InChI=1S/C8H5N3/c1-2-6-3-4-7-8(10-6)5-9-11-7/h1,3-5H,(H,9,11). The van der Waals surface area contributed by atoms with Crippen molar-refractivity contribution in [2.24, 2.45) is 0 Å². The molecule has 0 saturated carbocycles. The molecule has 0 aliphatic rings. The van der Waals surface area contributed by atoms with Crippen LogP contribution in [0.5, 0.6) is 0 Å². The number of nitrogens with one attached hydrogen (secondary N) is 1. The number of pyridine rings is 1. The lowest BCUT2D eigenvalue weighted by Crippen LogP contribution is -1.80. The first-order valence-electron chi connectivity index (χ1n) is 3.17. The minimum Gasteiger partial charge on any atom is -0.276 e. The number of hydrogen-bond acceptors (Lipinski definition) is 2. The van der Waals surface area contributed by atoms with Gasteiger partial charge >= 0.3 is 0 Å². The molecule has 0 atom stereocenters. The summed E-state index contributed by atoms with van der Waals surface area (Å²) in [5.74, 6) is 2.46. The molecule has 0 saturated heterocycles. The highest BCUT2D eigenvalue weighted by atomic mass is 15.1. The molecule has 0 unspecified atom stereocenters. The van der Waals surface area contributed by atoms with Crippen LogP contribution in [0.4, 0.5) is 0 Å². The van der Waals surface area contributed by atoms with Crippen molar-refractivity contribution in [3.63, 3.8) is 0 Å². The normalized spacial score (nSPS) is 9.73. The molecule has 2 aromatic rings. The molecular formula is C8H5N3. The van der Waals surface area contributed by atoms with E-state index in [0.717, 1.165) is 11.0 Å². The van der Waals surface area contributed by atoms with Crippen molar-refractivity contribution in [1.82, 2.24) is 15.2 Å². The Bertz CT molecular complexity index is 422. The van der Waals surface area contributed by atoms with Gasteiger partial charge in [-0.25, -0.2) is 4.98 Å². The predicted molar refractivity (Wildman–Crippen MR) is 41.8 cm³/mol. The van der Waals surface area contributed by atoms with Gasteiger partial charge in [-0.05, 0) is 12.1 Å². The van der Waals surface area contributed by atoms with Gasteiger partial charge in [0.2, 0.25) is 0 Å². The number of aromatic amines is 1. The second kappa shape index (κ2) is 2.10. The monoisotopic (exact) mass is 143 g/mol. The topological polar surface area (TPSA) is 41.6 Å². The van der Waals surface area contributed by atoms with Crippen LogP contribution in [-0.2, 0) is 0 Å². The Morgan fingerprint density at radius 2 is 2.36 bits per heavy atom. The Kier molecular flexibility index (Phi) is 1.13. The smallest absolute Gasteiger partial charge is 0.113 e. The Balaban J connectivity index is 2.79. The van der Waals surface area contributed by atoms with Crippen molar-refractivity contribution in [3.05, 3.63) is 24.0 Å². The van der Waals surface area contributed by atoms with Gasteiger partial charge in [-0.2, -0.15) is 5.10 Å². The predicted octanol–water partition coefficient (Wildman–Crippen LogP) is 0.939. The van der Waals surface area contributed by atoms with Crippen molar-refractivity contribution in [2.75, 3.05) is 0 Å². The molecule has 3 nitrogen and oxygen atoms in total. The van der Waals surface area contributed by atoms with Gasteiger partial charge in [0.25, 0.3) is 0 Å². The summed E-state index contributed by atoms with van der Waals surface area (Å²) in [7, 11) is 0. The molecule has 2 heterocycles. The molecule has 0 aliphatic heterocycles. The molecule has 2 rings (SSSR count). The van der Waals surface area contributed by atoms with Crippen molar-refractivity contribution < 1.29 is 0 Å². The quantitative estimate of drug-likeness (QED) is 0.557. The molecule has 11 heavy (non-hydrogen) atoms. The number of H-pyrrole nitrogens is 1. The lowest BCUT2D eigenvalue weighted by Gasteiger charge is -1.88. The van der Waals surface area contributed by atoms with Gasteiger partial charge in [0.1, 0.15) is 11.2 Å². The van der Waals surface area contributed by atoms with E-state index >= 15 is 0 Å². The molecule has 0 bridgehead atoms. The highest BCUT2D eigenvalue weighted by Gasteiger charge is 1.95. The van der Waals surface area contributed by atoms with E-state index in [4.69, 9.17) is 6.42 Å². The van der Waals surface area contributed by atoms with Gasteiger partial charge in [-0.1, -0.05) is 5.92 Å². The third-order valence-electron chi connectivity index (χ3n) is 1.44. The van der Waals surface area contributed by atoms with E-state index in [2.05, 4.69) is 21.1 Å². The Hall–Kier alpha value is -1.82. The molecule has 0 radical (unpaired) electrons. The van der Waals surface area contributed by atoms with E-state index < -0.39 is 0 Å². The number of hydrogen-bond donors (Lipinski definition) is 1. The lowest BCUT2D eigenvalue weighted by molar-refractivity contribution is 1.12. The SMILES string of the molecule is C#Cc1ccc2[nH]ncc2n1. The third-order valence-corrected chi connectivity index (χ3v) is 1.44. The van der Waals surface area contributed by atoms with Crippen LogP contribution in [0, 0.1) is 12.3 Å². The zero-order valence-electron chi connectivity index (χ0n) is 5.70. The van der Waals surface area contributed by atoms with Gasteiger partial charge < -0.3 is 0 Å². The van der Waals surface area contributed by atoms with Gasteiger partial charge in [0, 0.05) is 0 Å². The molecule has 0 spiro atoms. The Labute approximate surface area is 63.5 Å². The number of rotatable bonds is 0. The van der Waals surface area contributed by atoms with Crippen molar-refractivity contribution in [3.8, 4) is 12.3 Å². The molecule has 0 fully saturated rings. The van der Waals surface area contributed by atoms with Gasteiger partial charge in [0.15, 0.2) is 0 Å². The second-order valence-electron chi connectivity index (χ2n) is 2.14. The molecule has 1 N–H and O–H groups in total. The Morgan fingerprint density at radius 1 is 1.45 bits per heavy atom. The Morgan fingerprint density at radius 3 is 3.18 bits per heavy atom. The third kappa shape index (κ3) is 0.849. The number of aromatic nitrogens is 3. The fourth-order valence-electron chi connectivity index (χ4n) is 0.911. The molecule has 0 aliphatic carbocycles. The zero-order valence-corrected chi connectivity index (χ0v) is 5.70. The van der Waals surface area contributed by atoms with Crippen LogP contribution < -0.4 is 0 Å². The maximum Gasteiger partial charge on any atom is 0.113 e. The fourth-order valence-corrected chi connectivity index (χ4v) is 0.911.